The minimum Gasteiger partial charge on any atom is -0.106 e. The summed E-state index contributed by atoms with van der Waals surface area (Å²) in [6.45, 7) is 20.0. The quantitative estimate of drug-likeness (QED) is 0.464. The van der Waals surface area contributed by atoms with Crippen molar-refractivity contribution in [2.24, 2.45) is 11.8 Å². The fourth-order valence-electron chi connectivity index (χ4n) is 1.80. The molecule has 0 aromatic carbocycles. The van der Waals surface area contributed by atoms with E-state index in [2.05, 4.69) is 33.6 Å². The molecule has 1 fully saturated rings. The van der Waals surface area contributed by atoms with E-state index in [0.717, 1.165) is 11.8 Å². The first-order valence-corrected chi connectivity index (χ1v) is 6.79. The highest BCUT2D eigenvalue weighted by Crippen LogP contribution is 2.29. The molecular weight excluding hydrogens is 192 g/mol. The van der Waals surface area contributed by atoms with Crippen molar-refractivity contribution in [3.8, 4) is 0 Å². The maximum atomic E-state index is 3.36. The smallest absolute Gasteiger partial charge is 0.0391 e. The molecule has 0 aromatic rings. The Labute approximate surface area is 105 Å². The average molecular weight is 226 g/mol. The van der Waals surface area contributed by atoms with Crippen molar-refractivity contribution in [1.29, 1.82) is 0 Å². The Kier molecular flexibility index (Phi) is 26.0. The van der Waals surface area contributed by atoms with Gasteiger partial charge in [0, 0.05) is 0 Å². The minimum absolute atomic E-state index is 0.935. The molecule has 98 valence electrons. The maximum absolute atomic E-state index is 3.36. The Morgan fingerprint density at radius 1 is 1.00 bits per heavy atom. The van der Waals surface area contributed by atoms with Crippen molar-refractivity contribution in [3.63, 3.8) is 0 Å². The van der Waals surface area contributed by atoms with E-state index in [9.17, 15) is 0 Å². The molecule has 0 N–H and O–H groups in total. The Bertz CT molecular complexity index is 107. The van der Waals surface area contributed by atoms with Crippen LogP contribution in [-0.2, 0) is 0 Å². The summed E-state index contributed by atoms with van der Waals surface area (Å²) in [6.07, 6.45) is 9.21. The van der Waals surface area contributed by atoms with Gasteiger partial charge in [0.25, 0.3) is 0 Å². The van der Waals surface area contributed by atoms with Gasteiger partial charge in [-0.2, -0.15) is 0 Å². The van der Waals surface area contributed by atoms with E-state index in [0.29, 0.717) is 0 Å². The van der Waals surface area contributed by atoms with Crippen LogP contribution in [-0.4, -0.2) is 0 Å². The largest absolute Gasteiger partial charge is 0.106 e. The number of rotatable bonds is 1. The van der Waals surface area contributed by atoms with Crippen LogP contribution in [0.4, 0.5) is 0 Å². The topological polar surface area (TPSA) is 0 Å². The lowest BCUT2D eigenvalue weighted by molar-refractivity contribution is 0.279. The second-order valence-corrected chi connectivity index (χ2v) is 4.05. The highest BCUT2D eigenvalue weighted by Gasteiger charge is 2.15. The highest BCUT2D eigenvalue weighted by atomic mass is 14.2. The predicted molar refractivity (Wildman–Crippen MR) is 79.9 cm³/mol. The zero-order valence-corrected chi connectivity index (χ0v) is 12.4. The van der Waals surface area contributed by atoms with E-state index < -0.39 is 0 Å². The summed E-state index contributed by atoms with van der Waals surface area (Å²) in [7, 11) is 0. The summed E-state index contributed by atoms with van der Waals surface area (Å²) in [6, 6.07) is 0. The van der Waals surface area contributed by atoms with Crippen molar-refractivity contribution in [3.05, 3.63) is 25.8 Å². The highest BCUT2D eigenvalue weighted by molar-refractivity contribution is 4.67. The molecule has 0 bridgehead atoms. The van der Waals surface area contributed by atoms with Gasteiger partial charge < -0.3 is 0 Å². The lowest BCUT2D eigenvalue weighted by Crippen LogP contribution is -2.12. The summed E-state index contributed by atoms with van der Waals surface area (Å²) in [5, 5.41) is 0. The summed E-state index contributed by atoms with van der Waals surface area (Å²) >= 11 is 0. The van der Waals surface area contributed by atoms with Crippen LogP contribution in [0.1, 0.15) is 66.7 Å². The molecular formula is C16H34. The molecule has 1 rings (SSSR count). The van der Waals surface area contributed by atoms with Crippen LogP contribution >= 0.6 is 0 Å². The number of hydrogen-bond acceptors (Lipinski definition) is 0. The van der Waals surface area contributed by atoms with Crippen molar-refractivity contribution in [1.82, 2.24) is 0 Å². The molecule has 0 aromatic heterocycles. The molecule has 0 nitrogen and oxygen atoms in total. The van der Waals surface area contributed by atoms with E-state index in [1.807, 2.05) is 20.8 Å². The summed E-state index contributed by atoms with van der Waals surface area (Å²) in [5.41, 5.74) is 0. The molecule has 0 spiro atoms. The Balaban J connectivity index is -0.000000206. The van der Waals surface area contributed by atoms with Crippen molar-refractivity contribution < 1.29 is 0 Å². The van der Waals surface area contributed by atoms with Crippen LogP contribution < -0.4 is 0 Å². The SMILES string of the molecule is C=C.C=CC.CC.CC(C)C1CCCCC1. The Hall–Kier alpha value is -0.520. The van der Waals surface area contributed by atoms with Gasteiger partial charge in [0.2, 0.25) is 0 Å². The fourth-order valence-corrected chi connectivity index (χ4v) is 1.80. The van der Waals surface area contributed by atoms with Gasteiger partial charge >= 0.3 is 0 Å². The monoisotopic (exact) mass is 226 g/mol. The van der Waals surface area contributed by atoms with Gasteiger partial charge in [-0.3, -0.25) is 0 Å². The standard InChI is InChI=1S/C9H18.C3H6.C2H6.C2H4/c1-8(2)9-6-4-3-5-7-9;1-3-2;2*1-2/h8-9H,3-7H2,1-2H3;3H,1H2,2H3;1-2H3;1-2H2. The van der Waals surface area contributed by atoms with Crippen LogP contribution in [0.15, 0.2) is 25.8 Å². The fraction of sp³-hybridized carbons (Fsp3) is 0.750. The first-order valence-electron chi connectivity index (χ1n) is 6.79. The minimum atomic E-state index is 0.935. The predicted octanol–water partition coefficient (Wildman–Crippen LogP) is 6.24. The molecule has 0 heteroatoms. The Morgan fingerprint density at radius 3 is 1.50 bits per heavy atom. The van der Waals surface area contributed by atoms with Crippen molar-refractivity contribution in [2.45, 2.75) is 66.7 Å². The molecule has 16 heavy (non-hydrogen) atoms. The third-order valence-electron chi connectivity index (χ3n) is 2.59. The zero-order chi connectivity index (χ0) is 13.4. The summed E-state index contributed by atoms with van der Waals surface area (Å²) < 4.78 is 0. The third kappa shape index (κ3) is 15.9. The van der Waals surface area contributed by atoms with Crippen LogP contribution in [0.5, 0.6) is 0 Å². The second kappa shape index (κ2) is 20.0. The van der Waals surface area contributed by atoms with E-state index in [-0.39, 0.29) is 0 Å². The van der Waals surface area contributed by atoms with E-state index in [1.54, 1.807) is 6.08 Å². The molecule has 0 heterocycles. The number of allylic oxidation sites excluding steroid dienone is 1. The zero-order valence-electron chi connectivity index (χ0n) is 12.4. The van der Waals surface area contributed by atoms with Crippen LogP contribution in [0.25, 0.3) is 0 Å². The maximum Gasteiger partial charge on any atom is -0.0391 e. The van der Waals surface area contributed by atoms with Gasteiger partial charge in [-0.1, -0.05) is 65.9 Å². The van der Waals surface area contributed by atoms with E-state index in [4.69, 9.17) is 0 Å². The van der Waals surface area contributed by atoms with Crippen LogP contribution in [0.3, 0.4) is 0 Å². The summed E-state index contributed by atoms with van der Waals surface area (Å²) in [5.74, 6) is 1.99. The molecule has 0 amide bonds. The Morgan fingerprint density at radius 2 is 1.31 bits per heavy atom. The van der Waals surface area contributed by atoms with Crippen molar-refractivity contribution in [2.75, 3.05) is 0 Å². The van der Waals surface area contributed by atoms with Crippen molar-refractivity contribution >= 4 is 0 Å². The molecule has 0 unspecified atom stereocenters. The average Bonchev–Trinajstić information content (AvgIpc) is 2.36. The van der Waals surface area contributed by atoms with Crippen LogP contribution in [0.2, 0.25) is 0 Å². The van der Waals surface area contributed by atoms with Gasteiger partial charge in [-0.15, -0.1) is 19.7 Å². The van der Waals surface area contributed by atoms with E-state index >= 15 is 0 Å². The van der Waals surface area contributed by atoms with Gasteiger partial charge in [0.15, 0.2) is 0 Å². The molecule has 1 aliphatic carbocycles. The molecule has 1 aliphatic rings. The molecule has 0 radical (unpaired) electrons. The third-order valence-corrected chi connectivity index (χ3v) is 2.59. The lowest BCUT2D eigenvalue weighted by Gasteiger charge is -2.24. The molecule has 0 atom stereocenters. The molecule has 0 saturated heterocycles. The molecule has 0 aliphatic heterocycles. The van der Waals surface area contributed by atoms with E-state index in [1.165, 1.54) is 32.1 Å². The second-order valence-electron chi connectivity index (χ2n) is 4.05. The van der Waals surface area contributed by atoms with Gasteiger partial charge in [0.05, 0.1) is 0 Å². The number of hydrogen-bond donors (Lipinski definition) is 0. The first kappa shape index (κ1) is 20.8. The summed E-state index contributed by atoms with van der Waals surface area (Å²) in [4.78, 5) is 0. The van der Waals surface area contributed by atoms with Crippen LogP contribution in [0, 0.1) is 11.8 Å². The molecule has 1 saturated carbocycles. The van der Waals surface area contributed by atoms with Gasteiger partial charge in [-0.25, -0.2) is 0 Å². The van der Waals surface area contributed by atoms with Gasteiger partial charge in [-0.05, 0) is 18.8 Å². The first-order chi connectivity index (χ1) is 7.72. The lowest BCUT2D eigenvalue weighted by atomic mass is 9.82. The van der Waals surface area contributed by atoms with Gasteiger partial charge in [0.1, 0.15) is 0 Å². The normalized spacial score (nSPS) is 14.4.